The van der Waals surface area contributed by atoms with E-state index < -0.39 is 6.04 Å². The largest absolute Gasteiger partial charge is 0.382 e. The molecule has 1 fully saturated rings. The summed E-state index contributed by atoms with van der Waals surface area (Å²) in [6, 6.07) is 55.7. The Kier molecular flexibility index (Phi) is 18.4. The molecule has 1 saturated carbocycles. The van der Waals surface area contributed by atoms with Crippen LogP contribution in [0.25, 0.3) is 0 Å². The highest BCUT2D eigenvalue weighted by atomic mass is 79.9. The van der Waals surface area contributed by atoms with E-state index in [2.05, 4.69) is 136 Å². The summed E-state index contributed by atoms with van der Waals surface area (Å²) >= 11 is 16.4. The number of carbonyl (C=O) groups excluding carboxylic acids is 5. The van der Waals surface area contributed by atoms with Crippen molar-refractivity contribution in [3.8, 4) is 0 Å². The third-order valence-electron chi connectivity index (χ3n) is 18.3. The molecular weight excluding hydrogens is 1390 g/mol. The molecule has 6 atom stereocenters. The van der Waals surface area contributed by atoms with Crippen LogP contribution in [0.15, 0.2) is 228 Å². The molecule has 21 heteroatoms. The van der Waals surface area contributed by atoms with E-state index in [0.29, 0.717) is 43.8 Å². The first-order chi connectivity index (χ1) is 45.1. The van der Waals surface area contributed by atoms with Gasteiger partial charge in [0.1, 0.15) is 0 Å². The lowest BCUT2D eigenvalue weighted by Crippen LogP contribution is -2.49. The number of anilines is 6. The highest BCUT2D eigenvalue weighted by Gasteiger charge is 2.43. The predicted molar refractivity (Wildman–Crippen MR) is 377 cm³/mol. The topological polar surface area (TPSA) is 203 Å². The zero-order valence-corrected chi connectivity index (χ0v) is 56.7. The summed E-state index contributed by atoms with van der Waals surface area (Å²) in [5.74, 6) is -0.223. The zero-order valence-electron chi connectivity index (χ0n) is 51.2. The molecule has 0 saturated heterocycles. The van der Waals surface area contributed by atoms with Gasteiger partial charge in [-0.15, -0.1) is 0 Å². The van der Waals surface area contributed by atoms with Gasteiger partial charge in [0.15, 0.2) is 0 Å². The van der Waals surface area contributed by atoms with Gasteiger partial charge in [0.25, 0.3) is 23.6 Å². The third-order valence-corrected chi connectivity index (χ3v) is 20.2. The molecule has 0 aromatic heterocycles. The minimum absolute atomic E-state index is 0.0000693. The number of para-hydroxylation sites is 6. The van der Waals surface area contributed by atoms with E-state index in [0.717, 1.165) is 127 Å². The monoisotopic (exact) mass is 1450 g/mol. The quantitative estimate of drug-likeness (QED) is 0.0808. The van der Waals surface area contributed by atoms with Gasteiger partial charge >= 0.3 is 0 Å². The Morgan fingerprint density at radius 1 is 0.452 bits per heavy atom. The van der Waals surface area contributed by atoms with Gasteiger partial charge in [-0.05, 0) is 120 Å². The van der Waals surface area contributed by atoms with Crippen molar-refractivity contribution < 1.29 is 24.0 Å². The first kappa shape index (κ1) is 63.1. The predicted octanol–water partition coefficient (Wildman–Crippen LogP) is 12.5. The summed E-state index contributed by atoms with van der Waals surface area (Å²) in [6.07, 6.45) is 4.82. The number of fused-ring (bicyclic) bond motifs is 4. The molecular formula is C72H68Br3ClN12O5. The number of carbonyl (C=O) groups is 5. The Balaban J connectivity index is 0.000000113. The summed E-state index contributed by atoms with van der Waals surface area (Å²) in [5.41, 5.74) is 16.9. The van der Waals surface area contributed by atoms with Crippen LogP contribution in [0.2, 0.25) is 5.02 Å². The molecule has 0 spiro atoms. The van der Waals surface area contributed by atoms with Crippen molar-refractivity contribution in [3.05, 3.63) is 256 Å². The van der Waals surface area contributed by atoms with E-state index in [1.807, 2.05) is 154 Å². The van der Waals surface area contributed by atoms with Crippen LogP contribution in [0.1, 0.15) is 79.0 Å². The molecule has 9 aliphatic rings. The molecule has 474 valence electrons. The first-order valence-electron chi connectivity index (χ1n) is 31.0. The maximum absolute atomic E-state index is 12.6. The van der Waals surface area contributed by atoms with Gasteiger partial charge in [-0.3, -0.25) is 28.9 Å². The summed E-state index contributed by atoms with van der Waals surface area (Å²) in [5, 5.41) is 30.1. The van der Waals surface area contributed by atoms with Gasteiger partial charge < -0.3 is 57.7 Å². The second-order valence-electron chi connectivity index (χ2n) is 24.0. The summed E-state index contributed by atoms with van der Waals surface area (Å²) in [6.45, 7) is 3.68. The van der Waals surface area contributed by atoms with Crippen LogP contribution < -0.4 is 62.6 Å². The number of rotatable bonds is 4. The fourth-order valence-electron chi connectivity index (χ4n) is 13.9. The summed E-state index contributed by atoms with van der Waals surface area (Å²) in [7, 11) is 4.05. The highest BCUT2D eigenvalue weighted by molar-refractivity contribution is 9.11. The maximum Gasteiger partial charge on any atom is 0.251 e. The average molecular weight is 1460 g/mol. The van der Waals surface area contributed by atoms with Crippen LogP contribution >= 0.6 is 59.4 Å². The van der Waals surface area contributed by atoms with Gasteiger partial charge in [-0.2, -0.15) is 0 Å². The number of hydrogen-bond donors (Lipinski definition) is 9. The van der Waals surface area contributed by atoms with Gasteiger partial charge in [0.05, 0.1) is 107 Å². The first-order valence-corrected chi connectivity index (χ1v) is 33.8. The van der Waals surface area contributed by atoms with E-state index in [-0.39, 0.29) is 47.7 Å². The van der Waals surface area contributed by atoms with E-state index in [1.165, 1.54) is 19.8 Å². The van der Waals surface area contributed by atoms with Crippen LogP contribution in [0.3, 0.4) is 0 Å². The van der Waals surface area contributed by atoms with Crippen LogP contribution in [-0.2, 0) is 24.0 Å². The fourth-order valence-corrected chi connectivity index (χ4v) is 14.8. The fraction of sp³-hybridized carbons (Fsp3) is 0.236. The maximum atomic E-state index is 12.6. The van der Waals surface area contributed by atoms with E-state index >= 15 is 0 Å². The second-order valence-corrected chi connectivity index (χ2v) is 27.1. The number of likely N-dealkylation sites (N-methyl/N-ethyl adjacent to an activating group) is 2. The Bertz CT molecular complexity index is 4240. The number of benzene rings is 7. The standard InChI is InChI=1S/C19H16BrN3O2.2C18H16BrN3O.C17H20ClN3O/c1-11(24)23-16-5-3-2-4-14(16)22-15-10-21-19(25)17(15)18(23)12-6-8-13(20)9-7-12;1-22-15-5-3-2-4-13(15)21-14-10-20-18(23)16(14)17(22)11-6-8-12(19)9-7-11;1-22-14-5-3-2-4-13(14)21-17(11-6-8-12(19)9-7-11)16-15(22)10-20-18(16)23;18-11-7-5-10(6-8-11)16-15-14(9-19-17(15)22)20-12-3-1-2-4-13(12)21-16/h2-9,18,22H,10H2,1H3,(H,21,25);2*2-9,17,21H,10H2,1H3,(H,20,23);5-8,12-13,16,20-21H,1-4,9H2,(H,19,22)/t;;;12-,13-,16-/m...1/s1. The molecule has 5 amide bonds. The molecule has 1 aliphatic carbocycles. The molecule has 0 bridgehead atoms. The minimum atomic E-state index is -0.473. The van der Waals surface area contributed by atoms with E-state index in [1.54, 1.807) is 4.90 Å². The minimum Gasteiger partial charge on any atom is -0.382 e. The van der Waals surface area contributed by atoms with Crippen LogP contribution in [0, 0.1) is 0 Å². The van der Waals surface area contributed by atoms with Crippen LogP contribution in [-0.4, -0.2) is 81.9 Å². The number of halogens is 4. The van der Waals surface area contributed by atoms with Crippen LogP contribution in [0.4, 0.5) is 34.1 Å². The molecule has 8 heterocycles. The van der Waals surface area contributed by atoms with E-state index in [9.17, 15) is 24.0 Å². The lowest BCUT2D eigenvalue weighted by atomic mass is 9.89. The van der Waals surface area contributed by atoms with Gasteiger partial charge in [-0.25, -0.2) is 0 Å². The number of amides is 5. The molecule has 3 unspecified atom stereocenters. The van der Waals surface area contributed by atoms with Crippen molar-refractivity contribution in [2.24, 2.45) is 0 Å². The summed E-state index contributed by atoms with van der Waals surface area (Å²) < 4.78 is 3.00. The number of hydrogen-bond acceptors (Lipinski definition) is 12. The Morgan fingerprint density at radius 3 is 1.48 bits per heavy atom. The molecule has 16 rings (SSSR count). The average Bonchev–Trinajstić information content (AvgIpc) is 2.21. The Morgan fingerprint density at radius 2 is 0.892 bits per heavy atom. The molecule has 7 aromatic carbocycles. The summed E-state index contributed by atoms with van der Waals surface area (Å²) in [4.78, 5) is 68.4. The van der Waals surface area contributed by atoms with Crippen molar-refractivity contribution in [2.75, 3.05) is 70.9 Å². The molecule has 0 radical (unpaired) electrons. The molecule has 9 N–H and O–H groups in total. The van der Waals surface area contributed by atoms with Crippen molar-refractivity contribution in [3.63, 3.8) is 0 Å². The SMILES string of the molecule is CC(=O)N1c2ccccc2NC2=C(C(=O)NC2)C1c1ccc(Br)cc1.CN1C2=C(C(=O)NC2)C(c2ccc(Br)cc2)Nc2ccccc21.CN1c2ccccc2NC2=C(C(=O)NC2)C1c1ccc(Br)cc1.O=C1NCC2=C1[C@@H](c1ccc(Cl)cc1)N[C@@H]1CCCC[C@H]1N2. The normalized spacial score (nSPS) is 22.1. The van der Waals surface area contributed by atoms with Crippen molar-refractivity contribution in [1.82, 2.24) is 31.9 Å². The van der Waals surface area contributed by atoms with Crippen molar-refractivity contribution >= 4 is 123 Å². The highest BCUT2D eigenvalue weighted by Crippen LogP contribution is 2.46. The molecule has 8 aliphatic heterocycles. The third kappa shape index (κ3) is 12.8. The Labute approximate surface area is 570 Å². The van der Waals surface area contributed by atoms with E-state index in [4.69, 9.17) is 11.6 Å². The second kappa shape index (κ2) is 27.1. The number of nitrogens with one attached hydrogen (secondary N) is 9. The number of nitrogens with zero attached hydrogens (tertiary/aromatic N) is 3. The van der Waals surface area contributed by atoms with Crippen molar-refractivity contribution in [2.45, 2.75) is 68.9 Å². The molecule has 93 heavy (non-hydrogen) atoms. The van der Waals surface area contributed by atoms with Gasteiger partial charge in [0.2, 0.25) is 5.91 Å². The lowest BCUT2D eigenvalue weighted by molar-refractivity contribution is -0.118. The van der Waals surface area contributed by atoms with Crippen molar-refractivity contribution in [1.29, 1.82) is 0 Å². The zero-order chi connectivity index (χ0) is 64.6. The van der Waals surface area contributed by atoms with Gasteiger partial charge in [0, 0.05) is 74.3 Å². The smallest absolute Gasteiger partial charge is 0.251 e. The molecule has 17 nitrogen and oxygen atoms in total. The molecule has 7 aromatic rings. The van der Waals surface area contributed by atoms with Crippen LogP contribution in [0.5, 0.6) is 0 Å². The Hall–Kier alpha value is -8.66. The lowest BCUT2D eigenvalue weighted by Gasteiger charge is -2.34. The van der Waals surface area contributed by atoms with Gasteiger partial charge in [-0.1, -0.05) is 157 Å².